The Morgan fingerprint density at radius 2 is 1.94 bits per heavy atom. The van der Waals surface area contributed by atoms with Crippen LogP contribution in [0.1, 0.15) is 10.4 Å². The highest BCUT2D eigenvalue weighted by Crippen LogP contribution is 2.32. The molecule has 0 saturated carbocycles. The summed E-state index contributed by atoms with van der Waals surface area (Å²) in [5, 5.41) is 0.583. The molecule has 2 rings (SSSR count). The van der Waals surface area contributed by atoms with E-state index in [1.54, 1.807) is 7.11 Å². The number of rotatable bonds is 4. The number of carbonyl (C=O) groups is 1. The predicted octanol–water partition coefficient (Wildman–Crippen LogP) is 2.45. The Balaban J connectivity index is 2.21. The smallest absolute Gasteiger partial charge is 0.192 e. The zero-order chi connectivity index (χ0) is 12.1. The summed E-state index contributed by atoms with van der Waals surface area (Å²) in [4.78, 5) is 19.6. The Labute approximate surface area is 103 Å². The highest BCUT2D eigenvalue weighted by Gasteiger charge is 2.05. The zero-order valence-corrected chi connectivity index (χ0v) is 9.98. The molecule has 17 heavy (non-hydrogen) atoms. The maximum Gasteiger partial charge on any atom is 0.192 e. The van der Waals surface area contributed by atoms with E-state index in [0.717, 1.165) is 16.9 Å². The van der Waals surface area contributed by atoms with Crippen molar-refractivity contribution < 1.29 is 9.53 Å². The van der Waals surface area contributed by atoms with Crippen LogP contribution in [-0.4, -0.2) is 23.4 Å². The van der Waals surface area contributed by atoms with Crippen LogP contribution >= 0.6 is 11.8 Å². The highest BCUT2D eigenvalue weighted by molar-refractivity contribution is 7.99. The van der Waals surface area contributed by atoms with Crippen LogP contribution in [0, 0.1) is 0 Å². The first kappa shape index (κ1) is 11.6. The fraction of sp³-hybridized carbons (Fsp3) is 0.0833. The lowest BCUT2D eigenvalue weighted by atomic mass is 10.3. The molecule has 0 spiro atoms. The molecule has 0 saturated heterocycles. The lowest BCUT2D eigenvalue weighted by Crippen LogP contribution is -1.90. The number of aldehydes is 1. The quantitative estimate of drug-likeness (QED) is 0.612. The third-order valence-corrected chi connectivity index (χ3v) is 3.01. The van der Waals surface area contributed by atoms with Crippen molar-refractivity contribution in [3.8, 4) is 5.75 Å². The molecule has 1 aromatic heterocycles. The van der Waals surface area contributed by atoms with E-state index in [9.17, 15) is 4.79 Å². The Kier molecular flexibility index (Phi) is 3.72. The normalized spacial score (nSPS) is 9.94. The molecule has 5 heteroatoms. The summed E-state index contributed by atoms with van der Waals surface area (Å²) in [5.74, 6) is 0.778. The summed E-state index contributed by atoms with van der Waals surface area (Å²) < 4.78 is 5.23. The van der Waals surface area contributed by atoms with E-state index in [4.69, 9.17) is 4.74 Å². The minimum absolute atomic E-state index is 0.467. The lowest BCUT2D eigenvalue weighted by Gasteiger charge is -2.05. The molecule has 0 amide bonds. The van der Waals surface area contributed by atoms with Gasteiger partial charge in [-0.3, -0.25) is 4.79 Å². The lowest BCUT2D eigenvalue weighted by molar-refractivity contribution is 0.112. The van der Waals surface area contributed by atoms with Crippen molar-refractivity contribution in [2.45, 2.75) is 10.1 Å². The van der Waals surface area contributed by atoms with E-state index in [2.05, 4.69) is 9.97 Å². The minimum Gasteiger partial charge on any atom is -0.496 e. The second kappa shape index (κ2) is 5.45. The van der Waals surface area contributed by atoms with E-state index in [-0.39, 0.29) is 0 Å². The second-order valence-corrected chi connectivity index (χ2v) is 4.18. The molecule has 0 fully saturated rings. The topological polar surface area (TPSA) is 52.1 Å². The van der Waals surface area contributed by atoms with Gasteiger partial charge < -0.3 is 4.74 Å². The number of benzene rings is 1. The first-order valence-electron chi connectivity index (χ1n) is 4.91. The van der Waals surface area contributed by atoms with Crippen molar-refractivity contribution in [2.24, 2.45) is 0 Å². The molecule has 2 aromatic rings. The number of hydrogen-bond donors (Lipinski definition) is 0. The number of carbonyl (C=O) groups excluding carboxylic acids is 1. The number of methoxy groups -OCH3 is 1. The van der Waals surface area contributed by atoms with Crippen molar-refractivity contribution in [1.82, 2.24) is 9.97 Å². The number of nitrogens with zero attached hydrogens (tertiary/aromatic N) is 2. The molecule has 0 aliphatic carbocycles. The van der Waals surface area contributed by atoms with Crippen LogP contribution in [0.15, 0.2) is 46.7 Å². The zero-order valence-electron chi connectivity index (χ0n) is 9.16. The Morgan fingerprint density at radius 3 is 2.59 bits per heavy atom. The number of para-hydroxylation sites is 1. The first-order chi connectivity index (χ1) is 8.33. The van der Waals surface area contributed by atoms with Gasteiger partial charge in [-0.15, -0.1) is 0 Å². The van der Waals surface area contributed by atoms with Gasteiger partial charge in [-0.25, -0.2) is 9.97 Å². The SMILES string of the molecule is COc1ccccc1Sc1ncc(C=O)cn1. The van der Waals surface area contributed by atoms with E-state index >= 15 is 0 Å². The standard InChI is InChI=1S/C12H10N2O2S/c1-16-10-4-2-3-5-11(10)17-12-13-6-9(8-15)7-14-12/h2-8H,1H3. The van der Waals surface area contributed by atoms with Gasteiger partial charge in [-0.2, -0.15) is 0 Å². The van der Waals surface area contributed by atoms with Gasteiger partial charge in [-0.05, 0) is 23.9 Å². The Morgan fingerprint density at radius 1 is 1.24 bits per heavy atom. The molecular formula is C12H10N2O2S. The van der Waals surface area contributed by atoms with Crippen LogP contribution in [0.2, 0.25) is 0 Å². The molecule has 0 aliphatic heterocycles. The van der Waals surface area contributed by atoms with Gasteiger partial charge in [0, 0.05) is 12.4 Å². The minimum atomic E-state index is 0.467. The van der Waals surface area contributed by atoms with Crippen molar-refractivity contribution in [3.63, 3.8) is 0 Å². The third kappa shape index (κ3) is 2.82. The molecule has 4 nitrogen and oxygen atoms in total. The summed E-state index contributed by atoms with van der Waals surface area (Å²) in [6, 6.07) is 7.63. The summed E-state index contributed by atoms with van der Waals surface area (Å²) in [6.07, 6.45) is 3.72. The van der Waals surface area contributed by atoms with Crippen molar-refractivity contribution in [2.75, 3.05) is 7.11 Å². The first-order valence-corrected chi connectivity index (χ1v) is 5.73. The molecule has 86 valence electrons. The number of hydrogen-bond acceptors (Lipinski definition) is 5. The molecule has 0 radical (unpaired) electrons. The maximum absolute atomic E-state index is 10.5. The van der Waals surface area contributed by atoms with Crippen LogP contribution < -0.4 is 4.74 Å². The fourth-order valence-electron chi connectivity index (χ4n) is 1.24. The molecule has 0 bridgehead atoms. The van der Waals surface area contributed by atoms with Crippen LogP contribution in [0.25, 0.3) is 0 Å². The maximum atomic E-state index is 10.5. The van der Waals surface area contributed by atoms with E-state index in [1.807, 2.05) is 24.3 Å². The van der Waals surface area contributed by atoms with Gasteiger partial charge in [-0.1, -0.05) is 12.1 Å². The molecule has 1 aromatic carbocycles. The summed E-state index contributed by atoms with van der Waals surface area (Å²) in [5.41, 5.74) is 0.467. The number of ether oxygens (including phenoxy) is 1. The molecule has 0 aliphatic rings. The highest BCUT2D eigenvalue weighted by atomic mass is 32.2. The fourth-order valence-corrected chi connectivity index (χ4v) is 2.05. The predicted molar refractivity (Wildman–Crippen MR) is 64.5 cm³/mol. The number of aromatic nitrogens is 2. The van der Waals surface area contributed by atoms with E-state index < -0.39 is 0 Å². The van der Waals surface area contributed by atoms with Crippen LogP contribution in [0.3, 0.4) is 0 Å². The average Bonchev–Trinajstić information content (AvgIpc) is 2.40. The van der Waals surface area contributed by atoms with Crippen molar-refractivity contribution in [3.05, 3.63) is 42.2 Å². The molecular weight excluding hydrogens is 236 g/mol. The molecule has 0 atom stereocenters. The summed E-state index contributed by atoms with van der Waals surface area (Å²) in [7, 11) is 1.62. The van der Waals surface area contributed by atoms with E-state index in [0.29, 0.717) is 10.7 Å². The van der Waals surface area contributed by atoms with Gasteiger partial charge in [0.2, 0.25) is 0 Å². The monoisotopic (exact) mass is 246 g/mol. The second-order valence-electron chi connectivity index (χ2n) is 3.17. The summed E-state index contributed by atoms with van der Waals surface area (Å²) in [6.45, 7) is 0. The van der Waals surface area contributed by atoms with Crippen molar-refractivity contribution in [1.29, 1.82) is 0 Å². The summed E-state index contributed by atoms with van der Waals surface area (Å²) >= 11 is 1.39. The van der Waals surface area contributed by atoms with Gasteiger partial charge in [0.15, 0.2) is 11.4 Å². The Bertz CT molecular complexity index is 514. The molecule has 0 unspecified atom stereocenters. The van der Waals surface area contributed by atoms with Crippen LogP contribution in [0.4, 0.5) is 0 Å². The van der Waals surface area contributed by atoms with Gasteiger partial charge in [0.05, 0.1) is 17.6 Å². The van der Waals surface area contributed by atoms with Crippen LogP contribution in [-0.2, 0) is 0 Å². The Hall–Kier alpha value is -1.88. The average molecular weight is 246 g/mol. The van der Waals surface area contributed by atoms with Gasteiger partial charge in [0.1, 0.15) is 5.75 Å². The van der Waals surface area contributed by atoms with E-state index in [1.165, 1.54) is 24.2 Å². The third-order valence-electron chi connectivity index (χ3n) is 2.05. The van der Waals surface area contributed by atoms with Crippen LogP contribution in [0.5, 0.6) is 5.75 Å². The van der Waals surface area contributed by atoms with Gasteiger partial charge >= 0.3 is 0 Å². The van der Waals surface area contributed by atoms with Gasteiger partial charge in [0.25, 0.3) is 0 Å². The molecule has 0 N–H and O–H groups in total. The molecule has 1 heterocycles. The van der Waals surface area contributed by atoms with Crippen molar-refractivity contribution >= 4 is 18.0 Å². The largest absolute Gasteiger partial charge is 0.496 e.